The van der Waals surface area contributed by atoms with Crippen LogP contribution >= 0.6 is 0 Å². The van der Waals surface area contributed by atoms with Gasteiger partial charge in [-0.25, -0.2) is 8.42 Å². The normalized spacial score (nSPS) is 13.3. The van der Waals surface area contributed by atoms with Gasteiger partial charge < -0.3 is 10.2 Å². The average molecular weight is 246 g/mol. The second-order valence-corrected chi connectivity index (χ2v) is 6.54. The molecule has 1 rings (SSSR count). The molecule has 1 heterocycles. The van der Waals surface area contributed by atoms with Crippen molar-refractivity contribution in [2.24, 2.45) is 11.1 Å². The van der Waals surface area contributed by atoms with Crippen molar-refractivity contribution in [2.75, 3.05) is 20.1 Å². The van der Waals surface area contributed by atoms with Crippen LogP contribution in [0.3, 0.4) is 0 Å². The largest absolute Gasteiger partial charge is 0.452 e. The first-order valence-corrected chi connectivity index (χ1v) is 6.43. The highest BCUT2D eigenvalue weighted by molar-refractivity contribution is 7.89. The molecule has 0 radical (unpaired) electrons. The molecule has 0 spiro atoms. The molecule has 0 aliphatic carbocycles. The number of nitrogens with two attached hydrogens (primary N) is 1. The van der Waals surface area contributed by atoms with Crippen molar-refractivity contribution in [2.45, 2.75) is 18.9 Å². The van der Waals surface area contributed by atoms with E-state index in [0.29, 0.717) is 13.1 Å². The summed E-state index contributed by atoms with van der Waals surface area (Å²) in [6.45, 7) is 4.61. The summed E-state index contributed by atoms with van der Waals surface area (Å²) in [7, 11) is -2.00. The number of rotatable bonds is 5. The molecule has 1 aromatic heterocycles. The number of nitrogens with zero attached hydrogens (tertiary/aromatic N) is 1. The van der Waals surface area contributed by atoms with Gasteiger partial charge in [0.25, 0.3) is 10.0 Å². The fourth-order valence-electron chi connectivity index (χ4n) is 1.32. The van der Waals surface area contributed by atoms with Crippen molar-refractivity contribution in [1.82, 2.24) is 4.31 Å². The maximum atomic E-state index is 12.0. The molecule has 16 heavy (non-hydrogen) atoms. The van der Waals surface area contributed by atoms with Crippen LogP contribution in [-0.2, 0) is 10.0 Å². The maximum Gasteiger partial charge on any atom is 0.276 e. The molecule has 2 N–H and O–H groups in total. The average Bonchev–Trinajstić information content (AvgIpc) is 2.70. The van der Waals surface area contributed by atoms with Crippen molar-refractivity contribution < 1.29 is 12.8 Å². The Kier molecular flexibility index (Phi) is 3.77. The lowest BCUT2D eigenvalue weighted by Gasteiger charge is -2.27. The van der Waals surface area contributed by atoms with Gasteiger partial charge in [0.05, 0.1) is 6.26 Å². The fraction of sp³-hybridized carbons (Fsp3) is 0.600. The highest BCUT2D eigenvalue weighted by atomic mass is 32.2. The minimum absolute atomic E-state index is 0.0391. The Bertz CT molecular complexity index is 423. The number of hydrogen-bond donors (Lipinski definition) is 1. The van der Waals surface area contributed by atoms with Crippen LogP contribution in [0.4, 0.5) is 0 Å². The third-order valence-electron chi connectivity index (χ3n) is 2.36. The van der Waals surface area contributed by atoms with E-state index in [9.17, 15) is 8.42 Å². The van der Waals surface area contributed by atoms with Crippen LogP contribution < -0.4 is 5.73 Å². The van der Waals surface area contributed by atoms with Gasteiger partial charge in [0.1, 0.15) is 0 Å². The topological polar surface area (TPSA) is 76.5 Å². The number of furan rings is 1. The SMILES string of the molecule is CN(CC(C)(C)CN)S(=O)(=O)c1ccco1. The number of sulfonamides is 1. The minimum atomic E-state index is -3.53. The molecule has 92 valence electrons. The van der Waals surface area contributed by atoms with Crippen LogP contribution in [0.25, 0.3) is 0 Å². The maximum absolute atomic E-state index is 12.0. The van der Waals surface area contributed by atoms with Gasteiger partial charge in [0.2, 0.25) is 5.09 Å². The molecular formula is C10H18N2O3S. The summed E-state index contributed by atoms with van der Waals surface area (Å²) < 4.78 is 30.1. The Morgan fingerprint density at radius 3 is 2.56 bits per heavy atom. The summed E-state index contributed by atoms with van der Waals surface area (Å²) in [5, 5.41) is -0.0391. The second-order valence-electron chi connectivity index (χ2n) is 4.56. The summed E-state index contributed by atoms with van der Waals surface area (Å²) in [5.74, 6) is 0. The Balaban J connectivity index is 2.86. The predicted molar refractivity (Wildman–Crippen MR) is 61.4 cm³/mol. The molecule has 0 unspecified atom stereocenters. The van der Waals surface area contributed by atoms with Gasteiger partial charge in [-0.1, -0.05) is 13.8 Å². The van der Waals surface area contributed by atoms with Gasteiger partial charge in [0.15, 0.2) is 0 Å². The molecule has 6 heteroatoms. The van der Waals surface area contributed by atoms with Crippen LogP contribution in [0.15, 0.2) is 27.9 Å². The van der Waals surface area contributed by atoms with Crippen molar-refractivity contribution in [3.8, 4) is 0 Å². The van der Waals surface area contributed by atoms with E-state index in [2.05, 4.69) is 0 Å². The van der Waals surface area contributed by atoms with Crippen LogP contribution in [0.1, 0.15) is 13.8 Å². The van der Waals surface area contributed by atoms with Gasteiger partial charge >= 0.3 is 0 Å². The van der Waals surface area contributed by atoms with E-state index in [1.165, 1.54) is 23.7 Å². The second kappa shape index (κ2) is 4.57. The lowest BCUT2D eigenvalue weighted by atomic mass is 9.94. The molecule has 0 aliphatic heterocycles. The molecule has 5 nitrogen and oxygen atoms in total. The molecule has 0 fully saturated rings. The zero-order valence-corrected chi connectivity index (χ0v) is 10.6. The van der Waals surface area contributed by atoms with Crippen molar-refractivity contribution in [3.05, 3.63) is 18.4 Å². The first kappa shape index (κ1) is 13.2. The molecular weight excluding hydrogens is 228 g/mol. The highest BCUT2D eigenvalue weighted by Crippen LogP contribution is 2.20. The standard InChI is InChI=1S/C10H18N2O3S/c1-10(2,7-11)8-12(3)16(13,14)9-5-4-6-15-9/h4-6H,7-8,11H2,1-3H3. The van der Waals surface area contributed by atoms with E-state index in [1.807, 2.05) is 13.8 Å². The zero-order chi connectivity index (χ0) is 12.4. The molecule has 1 aromatic rings. The predicted octanol–water partition coefficient (Wildman–Crippen LogP) is 0.885. The zero-order valence-electron chi connectivity index (χ0n) is 9.80. The van der Waals surface area contributed by atoms with Gasteiger partial charge in [-0.3, -0.25) is 0 Å². The van der Waals surface area contributed by atoms with E-state index >= 15 is 0 Å². The third kappa shape index (κ3) is 2.84. The van der Waals surface area contributed by atoms with Crippen molar-refractivity contribution in [3.63, 3.8) is 0 Å². The summed E-state index contributed by atoms with van der Waals surface area (Å²) in [6, 6.07) is 2.98. The van der Waals surface area contributed by atoms with E-state index in [4.69, 9.17) is 10.2 Å². The van der Waals surface area contributed by atoms with Crippen LogP contribution in [0.5, 0.6) is 0 Å². The first-order valence-electron chi connectivity index (χ1n) is 4.99. The van der Waals surface area contributed by atoms with Gasteiger partial charge in [-0.15, -0.1) is 0 Å². The van der Waals surface area contributed by atoms with Crippen molar-refractivity contribution >= 4 is 10.0 Å². The smallest absolute Gasteiger partial charge is 0.276 e. The van der Waals surface area contributed by atoms with Crippen LogP contribution in [0, 0.1) is 5.41 Å². The Hall–Kier alpha value is -0.850. The molecule has 0 atom stereocenters. The van der Waals surface area contributed by atoms with E-state index in [1.54, 1.807) is 6.07 Å². The number of hydrogen-bond acceptors (Lipinski definition) is 4. The summed E-state index contributed by atoms with van der Waals surface area (Å²) in [4.78, 5) is 0. The summed E-state index contributed by atoms with van der Waals surface area (Å²) in [5.41, 5.74) is 5.32. The van der Waals surface area contributed by atoms with Crippen LogP contribution in [-0.4, -0.2) is 32.9 Å². The molecule has 0 aromatic carbocycles. The quantitative estimate of drug-likeness (QED) is 0.837. The Morgan fingerprint density at radius 1 is 1.50 bits per heavy atom. The van der Waals surface area contributed by atoms with E-state index in [-0.39, 0.29) is 10.5 Å². The molecule has 0 aliphatic rings. The van der Waals surface area contributed by atoms with Gasteiger partial charge in [-0.2, -0.15) is 4.31 Å². The monoisotopic (exact) mass is 246 g/mol. The minimum Gasteiger partial charge on any atom is -0.452 e. The van der Waals surface area contributed by atoms with Gasteiger partial charge in [-0.05, 0) is 24.1 Å². The molecule has 0 saturated heterocycles. The van der Waals surface area contributed by atoms with E-state index in [0.717, 1.165) is 0 Å². The lowest BCUT2D eigenvalue weighted by molar-refractivity contribution is 0.287. The first-order chi connectivity index (χ1) is 7.29. The Morgan fingerprint density at radius 2 is 2.12 bits per heavy atom. The van der Waals surface area contributed by atoms with Gasteiger partial charge in [0, 0.05) is 13.6 Å². The molecule has 0 saturated carbocycles. The van der Waals surface area contributed by atoms with E-state index < -0.39 is 10.0 Å². The summed E-state index contributed by atoms with van der Waals surface area (Å²) in [6.07, 6.45) is 1.34. The highest BCUT2D eigenvalue weighted by Gasteiger charge is 2.28. The van der Waals surface area contributed by atoms with Crippen LogP contribution in [0.2, 0.25) is 0 Å². The Labute approximate surface area is 96.3 Å². The molecule has 0 bridgehead atoms. The third-order valence-corrected chi connectivity index (χ3v) is 4.05. The fourth-order valence-corrected chi connectivity index (χ4v) is 2.57. The molecule has 0 amide bonds. The van der Waals surface area contributed by atoms with Crippen molar-refractivity contribution in [1.29, 1.82) is 0 Å². The lowest BCUT2D eigenvalue weighted by Crippen LogP contribution is -2.39. The summed E-state index contributed by atoms with van der Waals surface area (Å²) >= 11 is 0.